The van der Waals surface area contributed by atoms with Gasteiger partial charge in [0.15, 0.2) is 0 Å². The van der Waals surface area contributed by atoms with Gasteiger partial charge in [0.1, 0.15) is 0 Å². The summed E-state index contributed by atoms with van der Waals surface area (Å²) in [4.78, 5) is 3.17. The van der Waals surface area contributed by atoms with Gasteiger partial charge in [-0.1, -0.05) is 48.6 Å². The zero-order chi connectivity index (χ0) is 21.3. The molecule has 2 bridgehead atoms. The quantitative estimate of drug-likeness (QED) is 0.394. The van der Waals surface area contributed by atoms with Crippen LogP contribution in [0.1, 0.15) is 54.5 Å². The molecule has 1 nitrogen and oxygen atoms in total. The third-order valence-electron chi connectivity index (χ3n) is 7.89. The summed E-state index contributed by atoms with van der Waals surface area (Å²) < 4.78 is 1.60. The van der Waals surface area contributed by atoms with Crippen molar-refractivity contribution < 1.29 is 0 Å². The molecule has 2 heterocycles. The van der Waals surface area contributed by atoms with Crippen molar-refractivity contribution in [1.29, 1.82) is 0 Å². The van der Waals surface area contributed by atoms with Crippen LogP contribution in [0.2, 0.25) is 0 Å². The fourth-order valence-electron chi connectivity index (χ4n) is 6.34. The minimum atomic E-state index is 0.241. The van der Waals surface area contributed by atoms with Gasteiger partial charge in [-0.25, -0.2) is 0 Å². The van der Waals surface area contributed by atoms with Crippen molar-refractivity contribution in [3.63, 3.8) is 0 Å². The first kappa shape index (κ1) is 19.3. The van der Waals surface area contributed by atoms with Crippen LogP contribution in [0.15, 0.2) is 65.1 Å². The molecular weight excluding hydrogens is 426 g/mol. The van der Waals surface area contributed by atoms with E-state index in [9.17, 15) is 0 Å². The number of rotatable bonds is 2. The topological polar surface area (TPSA) is 26.0 Å². The van der Waals surface area contributed by atoms with Crippen molar-refractivity contribution in [2.75, 3.05) is 5.73 Å². The summed E-state index contributed by atoms with van der Waals surface area (Å²) in [6, 6.07) is 13.7. The largest absolute Gasteiger partial charge is 0.398 e. The number of anilines is 1. The first-order chi connectivity index (χ1) is 15.7. The maximum absolute atomic E-state index is 6.63. The number of allylic oxidation sites excluding steroid dienone is 5. The van der Waals surface area contributed by atoms with Crippen molar-refractivity contribution in [3.8, 4) is 11.1 Å². The van der Waals surface area contributed by atoms with Crippen LogP contribution in [-0.2, 0) is 11.2 Å². The molecule has 0 amide bonds. The highest BCUT2D eigenvalue weighted by atomic mass is 32.2. The Morgan fingerprint density at radius 2 is 1.91 bits per heavy atom. The minimum absolute atomic E-state index is 0.241. The fraction of sp³-hybridized carbons (Fsp3) is 0.310. The molecule has 32 heavy (non-hydrogen) atoms. The van der Waals surface area contributed by atoms with Gasteiger partial charge in [0.2, 0.25) is 0 Å². The van der Waals surface area contributed by atoms with Crippen LogP contribution in [0.3, 0.4) is 0 Å². The third-order valence-corrected chi connectivity index (χ3v) is 10.9. The van der Waals surface area contributed by atoms with E-state index >= 15 is 0 Å². The van der Waals surface area contributed by atoms with E-state index in [1.54, 1.807) is 10.5 Å². The van der Waals surface area contributed by atoms with Crippen molar-refractivity contribution >= 4 is 44.9 Å². The van der Waals surface area contributed by atoms with Crippen molar-refractivity contribution in [3.05, 3.63) is 81.1 Å². The molecule has 2 N–H and O–H groups in total. The average molecular weight is 454 g/mol. The van der Waals surface area contributed by atoms with Crippen LogP contribution in [0.5, 0.6) is 0 Å². The predicted molar refractivity (Wildman–Crippen MR) is 141 cm³/mol. The van der Waals surface area contributed by atoms with E-state index in [2.05, 4.69) is 72.5 Å². The Bertz CT molecular complexity index is 1350. The van der Waals surface area contributed by atoms with Gasteiger partial charge in [-0.05, 0) is 90.2 Å². The van der Waals surface area contributed by atoms with Gasteiger partial charge in [0.05, 0.1) is 0 Å². The van der Waals surface area contributed by atoms with E-state index < -0.39 is 0 Å². The zero-order valence-electron chi connectivity index (χ0n) is 18.2. The monoisotopic (exact) mass is 453 g/mol. The molecule has 1 saturated carbocycles. The SMILES string of the molecule is Nc1ccc2c3c(sc2c1-c1cccc([C@@]24CCC(C2)C2=C(CCC=C2)S4)c1)CCC=C3. The van der Waals surface area contributed by atoms with Crippen LogP contribution in [0, 0.1) is 5.92 Å². The van der Waals surface area contributed by atoms with Crippen molar-refractivity contribution in [2.45, 2.75) is 49.7 Å². The fourth-order valence-corrected chi connectivity index (χ4v) is 9.52. The first-order valence-corrected chi connectivity index (χ1v) is 13.6. The average Bonchev–Trinajstić information content (AvgIpc) is 3.38. The lowest BCUT2D eigenvalue weighted by molar-refractivity contribution is 0.588. The number of thioether (sulfide) groups is 1. The molecule has 0 spiro atoms. The molecule has 0 radical (unpaired) electrons. The molecule has 7 rings (SSSR count). The number of aryl methyl sites for hydroxylation is 1. The molecule has 2 aromatic carbocycles. The molecular formula is C29H27NS2. The van der Waals surface area contributed by atoms with Crippen LogP contribution >= 0.6 is 23.1 Å². The molecule has 3 aromatic rings. The molecule has 3 aliphatic carbocycles. The number of fused-ring (bicyclic) bond motifs is 6. The Kier molecular flexibility index (Phi) is 4.29. The second-order valence-electron chi connectivity index (χ2n) is 9.72. The van der Waals surface area contributed by atoms with Gasteiger partial charge in [0.25, 0.3) is 0 Å². The number of nitrogens with two attached hydrogens (primary N) is 1. The van der Waals surface area contributed by atoms with E-state index in [-0.39, 0.29) is 4.75 Å². The highest BCUT2D eigenvalue weighted by Gasteiger charge is 2.47. The molecule has 2 atom stereocenters. The molecule has 4 aliphatic rings. The molecule has 0 saturated heterocycles. The van der Waals surface area contributed by atoms with Crippen molar-refractivity contribution in [1.82, 2.24) is 0 Å². The number of thiophene rings is 1. The second kappa shape index (κ2) is 7.13. The summed E-state index contributed by atoms with van der Waals surface area (Å²) in [7, 11) is 0. The standard InChI is InChI=1S/C29H27NS2/c30-24-13-12-23-22-9-2-3-10-25(22)31-28(23)27(24)18-6-5-7-20(16-18)29-15-14-19(17-29)21-8-1-4-11-26(21)32-29/h1-2,5-9,12-13,16,19H,3-4,10-11,14-15,17,30H2/t19?,29-/m1/s1. The second-order valence-corrected chi connectivity index (χ2v) is 12.3. The number of benzene rings is 2. The lowest BCUT2D eigenvalue weighted by Crippen LogP contribution is -2.23. The lowest BCUT2D eigenvalue weighted by Gasteiger charge is -2.36. The Morgan fingerprint density at radius 1 is 1.00 bits per heavy atom. The summed E-state index contributed by atoms with van der Waals surface area (Å²) in [5, 5.41) is 1.37. The van der Waals surface area contributed by atoms with Crippen LogP contribution in [0.25, 0.3) is 27.3 Å². The lowest BCUT2D eigenvalue weighted by atomic mass is 9.87. The summed E-state index contributed by atoms with van der Waals surface area (Å²) >= 11 is 4.14. The summed E-state index contributed by atoms with van der Waals surface area (Å²) in [5.74, 6) is 0.746. The molecule has 160 valence electrons. The summed E-state index contributed by atoms with van der Waals surface area (Å²) in [5.41, 5.74) is 14.6. The molecule has 3 heteroatoms. The Hall–Kier alpha value is -2.23. The molecule has 1 fully saturated rings. The van der Waals surface area contributed by atoms with E-state index in [1.165, 1.54) is 69.3 Å². The van der Waals surface area contributed by atoms with E-state index in [0.29, 0.717) is 0 Å². The van der Waals surface area contributed by atoms with Gasteiger partial charge in [-0.15, -0.1) is 23.1 Å². The van der Waals surface area contributed by atoms with E-state index in [4.69, 9.17) is 5.73 Å². The molecule has 1 unspecified atom stereocenters. The number of hydrogen-bond donors (Lipinski definition) is 1. The van der Waals surface area contributed by atoms with E-state index in [1.807, 2.05) is 11.3 Å². The highest BCUT2D eigenvalue weighted by molar-refractivity contribution is 8.04. The maximum Gasteiger partial charge on any atom is 0.0458 e. The zero-order valence-corrected chi connectivity index (χ0v) is 19.8. The van der Waals surface area contributed by atoms with Gasteiger partial charge >= 0.3 is 0 Å². The van der Waals surface area contributed by atoms with Crippen molar-refractivity contribution in [2.24, 2.45) is 5.92 Å². The van der Waals surface area contributed by atoms with Crippen LogP contribution in [0.4, 0.5) is 5.69 Å². The minimum Gasteiger partial charge on any atom is -0.398 e. The number of nitrogen functional groups attached to an aromatic ring is 1. The van der Waals surface area contributed by atoms with Gasteiger partial charge < -0.3 is 5.73 Å². The summed E-state index contributed by atoms with van der Waals surface area (Å²) in [6.07, 6.45) is 18.0. The number of hydrogen-bond acceptors (Lipinski definition) is 3. The Balaban J connectivity index is 1.36. The van der Waals surface area contributed by atoms with Crippen LogP contribution < -0.4 is 5.73 Å². The Morgan fingerprint density at radius 3 is 2.88 bits per heavy atom. The maximum atomic E-state index is 6.63. The van der Waals surface area contributed by atoms with Crippen LogP contribution in [-0.4, -0.2) is 0 Å². The molecule has 1 aliphatic heterocycles. The predicted octanol–water partition coefficient (Wildman–Crippen LogP) is 8.46. The summed E-state index contributed by atoms with van der Waals surface area (Å²) in [6.45, 7) is 0. The normalized spacial score (nSPS) is 25.9. The Labute approximate surface area is 198 Å². The van der Waals surface area contributed by atoms with Gasteiger partial charge in [-0.3, -0.25) is 0 Å². The van der Waals surface area contributed by atoms with Gasteiger partial charge in [0, 0.05) is 31.0 Å². The smallest absolute Gasteiger partial charge is 0.0458 e. The third kappa shape index (κ3) is 2.77. The van der Waals surface area contributed by atoms with Gasteiger partial charge in [-0.2, -0.15) is 0 Å². The first-order valence-electron chi connectivity index (χ1n) is 11.9. The highest BCUT2D eigenvalue weighted by Crippen LogP contribution is 2.62. The van der Waals surface area contributed by atoms with E-state index in [0.717, 1.165) is 24.4 Å². The molecule has 1 aromatic heterocycles.